The Kier molecular flexibility index (Phi) is 4.61. The number of rotatable bonds is 6. The summed E-state index contributed by atoms with van der Waals surface area (Å²) in [6.07, 6.45) is 7.56. The number of aromatic amines is 1. The molecule has 0 saturated carbocycles. The van der Waals surface area contributed by atoms with Crippen molar-refractivity contribution in [3.05, 3.63) is 60.0 Å². The fourth-order valence-electron chi connectivity index (χ4n) is 2.81. The largest absolute Gasteiger partial charge is 0.464 e. The third kappa shape index (κ3) is 3.69. The van der Waals surface area contributed by atoms with Crippen molar-refractivity contribution in [2.45, 2.75) is 26.3 Å². The summed E-state index contributed by atoms with van der Waals surface area (Å²) in [4.78, 5) is 24.8. The van der Waals surface area contributed by atoms with Gasteiger partial charge in [-0.05, 0) is 24.1 Å². The Bertz CT molecular complexity index is 1070. The third-order valence-electron chi connectivity index (χ3n) is 4.25. The Hall–Kier alpha value is -3.55. The molecule has 136 valence electrons. The maximum Gasteiger partial charge on any atom is 0.224 e. The predicted molar refractivity (Wildman–Crippen MR) is 98.6 cm³/mol. The van der Waals surface area contributed by atoms with Gasteiger partial charge in [0.25, 0.3) is 0 Å². The summed E-state index contributed by atoms with van der Waals surface area (Å²) < 4.78 is 5.54. The minimum absolute atomic E-state index is 0.114. The maximum atomic E-state index is 12.3. The lowest BCUT2D eigenvalue weighted by atomic mass is 10.1. The second-order valence-electron chi connectivity index (χ2n) is 6.09. The normalized spacial score (nSPS) is 11.0. The molecule has 0 spiro atoms. The van der Waals surface area contributed by atoms with Gasteiger partial charge in [0.15, 0.2) is 0 Å². The highest BCUT2D eigenvalue weighted by Gasteiger charge is 2.12. The summed E-state index contributed by atoms with van der Waals surface area (Å²) in [6, 6.07) is 6.05. The quantitative estimate of drug-likeness (QED) is 0.545. The Balaban J connectivity index is 1.40. The molecule has 0 unspecified atom stereocenters. The third-order valence-corrected chi connectivity index (χ3v) is 4.25. The minimum Gasteiger partial charge on any atom is -0.464 e. The van der Waals surface area contributed by atoms with Gasteiger partial charge in [-0.1, -0.05) is 13.0 Å². The zero-order chi connectivity index (χ0) is 18.6. The number of furan rings is 1. The van der Waals surface area contributed by atoms with Crippen molar-refractivity contribution in [2.24, 2.45) is 0 Å². The van der Waals surface area contributed by atoms with Crippen molar-refractivity contribution in [3.63, 3.8) is 0 Å². The van der Waals surface area contributed by atoms with Crippen LogP contribution in [-0.4, -0.2) is 31.1 Å². The van der Waals surface area contributed by atoms with Crippen LogP contribution < -0.4 is 5.32 Å². The summed E-state index contributed by atoms with van der Waals surface area (Å²) in [7, 11) is 0. The van der Waals surface area contributed by atoms with Crippen LogP contribution in [0.2, 0.25) is 0 Å². The molecule has 3 aromatic heterocycles. The highest BCUT2D eigenvalue weighted by molar-refractivity contribution is 5.88. The molecule has 0 radical (unpaired) electrons. The molecule has 0 fully saturated rings. The molecule has 0 bridgehead atoms. The van der Waals surface area contributed by atoms with Crippen LogP contribution in [0.1, 0.15) is 23.9 Å². The summed E-state index contributed by atoms with van der Waals surface area (Å²) in [5.74, 6) is 0.881. The van der Waals surface area contributed by atoms with Gasteiger partial charge in [0.2, 0.25) is 11.7 Å². The topological polar surface area (TPSA) is 110 Å². The van der Waals surface area contributed by atoms with Crippen molar-refractivity contribution in [2.75, 3.05) is 0 Å². The molecule has 3 heterocycles. The zero-order valence-corrected chi connectivity index (χ0v) is 14.8. The van der Waals surface area contributed by atoms with Crippen molar-refractivity contribution in [1.29, 1.82) is 0 Å². The van der Waals surface area contributed by atoms with E-state index in [4.69, 9.17) is 4.42 Å². The molecular formula is C19H18N6O2. The van der Waals surface area contributed by atoms with Gasteiger partial charge in [0, 0.05) is 23.3 Å². The highest BCUT2D eigenvalue weighted by Crippen LogP contribution is 2.23. The lowest BCUT2D eigenvalue weighted by Crippen LogP contribution is -2.25. The van der Waals surface area contributed by atoms with Crippen LogP contribution in [0.5, 0.6) is 0 Å². The average molecular weight is 362 g/mol. The number of hydrogen-bond donors (Lipinski definition) is 2. The number of hydrogen-bond acceptors (Lipinski definition) is 6. The molecule has 4 rings (SSSR count). The van der Waals surface area contributed by atoms with E-state index in [2.05, 4.69) is 43.5 Å². The van der Waals surface area contributed by atoms with Crippen LogP contribution in [-0.2, 0) is 24.2 Å². The number of nitrogens with zero attached hydrogens (tertiary/aromatic N) is 4. The second kappa shape index (κ2) is 7.36. The number of benzene rings is 1. The number of aromatic nitrogens is 5. The number of aryl methyl sites for hydroxylation is 1. The Morgan fingerprint density at radius 1 is 1.30 bits per heavy atom. The van der Waals surface area contributed by atoms with E-state index in [1.54, 1.807) is 24.9 Å². The standard InChI is InChI=1S/C19H18N6O2/c1-2-12-3-4-16-14(7-12)13(11-27-16)8-18(26)22-10-17-23-19(25-24-17)15-9-20-5-6-21-15/h3-7,9,11H,2,8,10H2,1H3,(H,22,26)(H,23,24,25). The molecule has 2 N–H and O–H groups in total. The lowest BCUT2D eigenvalue weighted by Gasteiger charge is -2.02. The average Bonchev–Trinajstić information content (AvgIpc) is 3.34. The van der Waals surface area contributed by atoms with Gasteiger partial charge in [-0.25, -0.2) is 9.97 Å². The van der Waals surface area contributed by atoms with Gasteiger partial charge in [0.1, 0.15) is 17.1 Å². The van der Waals surface area contributed by atoms with Crippen LogP contribution in [0, 0.1) is 0 Å². The second-order valence-corrected chi connectivity index (χ2v) is 6.09. The van der Waals surface area contributed by atoms with E-state index in [9.17, 15) is 4.79 Å². The Morgan fingerprint density at radius 3 is 3.04 bits per heavy atom. The van der Waals surface area contributed by atoms with Gasteiger partial charge < -0.3 is 9.73 Å². The van der Waals surface area contributed by atoms with E-state index in [0.29, 0.717) is 17.3 Å². The summed E-state index contributed by atoms with van der Waals surface area (Å²) in [5, 5.41) is 10.7. The Morgan fingerprint density at radius 2 is 2.22 bits per heavy atom. The molecule has 8 heteroatoms. The summed E-state index contributed by atoms with van der Waals surface area (Å²) in [6.45, 7) is 2.35. The molecule has 4 aromatic rings. The van der Waals surface area contributed by atoms with Gasteiger partial charge >= 0.3 is 0 Å². The van der Waals surface area contributed by atoms with E-state index < -0.39 is 0 Å². The lowest BCUT2D eigenvalue weighted by molar-refractivity contribution is -0.120. The van der Waals surface area contributed by atoms with Crippen molar-refractivity contribution >= 4 is 16.9 Å². The van der Waals surface area contributed by atoms with E-state index in [-0.39, 0.29) is 18.9 Å². The number of carbonyl (C=O) groups is 1. The summed E-state index contributed by atoms with van der Waals surface area (Å²) in [5.41, 5.74) is 3.45. The van der Waals surface area contributed by atoms with Crippen LogP contribution >= 0.6 is 0 Å². The first-order valence-electron chi connectivity index (χ1n) is 8.66. The smallest absolute Gasteiger partial charge is 0.224 e. The first-order valence-corrected chi connectivity index (χ1v) is 8.66. The van der Waals surface area contributed by atoms with E-state index >= 15 is 0 Å². The number of carbonyl (C=O) groups excluding carboxylic acids is 1. The van der Waals surface area contributed by atoms with Crippen LogP contribution in [0.25, 0.3) is 22.5 Å². The van der Waals surface area contributed by atoms with Crippen molar-refractivity contribution < 1.29 is 9.21 Å². The fraction of sp³-hybridized carbons (Fsp3) is 0.211. The molecule has 0 aliphatic heterocycles. The number of nitrogens with one attached hydrogen (secondary N) is 2. The van der Waals surface area contributed by atoms with Gasteiger partial charge in [-0.2, -0.15) is 5.10 Å². The number of H-pyrrole nitrogens is 1. The van der Waals surface area contributed by atoms with Crippen LogP contribution in [0.4, 0.5) is 0 Å². The number of fused-ring (bicyclic) bond motifs is 1. The molecule has 0 atom stereocenters. The maximum absolute atomic E-state index is 12.3. The molecule has 1 aromatic carbocycles. The minimum atomic E-state index is -0.114. The fourth-order valence-corrected chi connectivity index (χ4v) is 2.81. The first kappa shape index (κ1) is 16.9. The highest BCUT2D eigenvalue weighted by atomic mass is 16.3. The van der Waals surface area contributed by atoms with Gasteiger partial charge in [0.05, 0.1) is 25.4 Å². The molecule has 8 nitrogen and oxygen atoms in total. The molecule has 0 saturated heterocycles. The zero-order valence-electron chi connectivity index (χ0n) is 14.8. The first-order chi connectivity index (χ1) is 13.2. The predicted octanol–water partition coefficient (Wildman–Crippen LogP) is 2.43. The molecule has 0 aliphatic rings. The number of amides is 1. The van der Waals surface area contributed by atoms with E-state index in [1.807, 2.05) is 12.1 Å². The monoisotopic (exact) mass is 362 g/mol. The SMILES string of the molecule is CCc1ccc2occ(CC(=O)NCc3nc(-c4cnccn4)n[nH]3)c2c1. The summed E-state index contributed by atoms with van der Waals surface area (Å²) >= 11 is 0. The molecular weight excluding hydrogens is 344 g/mol. The van der Waals surface area contributed by atoms with Gasteiger partial charge in [-0.3, -0.25) is 14.9 Å². The van der Waals surface area contributed by atoms with Crippen LogP contribution in [0.3, 0.4) is 0 Å². The molecule has 0 aliphatic carbocycles. The molecule has 27 heavy (non-hydrogen) atoms. The Labute approximate surface area is 155 Å². The van der Waals surface area contributed by atoms with Gasteiger partial charge in [-0.15, -0.1) is 0 Å². The van der Waals surface area contributed by atoms with Crippen molar-refractivity contribution in [1.82, 2.24) is 30.5 Å². The van der Waals surface area contributed by atoms with E-state index in [1.165, 1.54) is 5.56 Å². The van der Waals surface area contributed by atoms with E-state index in [0.717, 1.165) is 23.0 Å². The van der Waals surface area contributed by atoms with Crippen LogP contribution in [0.15, 0.2) is 47.5 Å². The molecule has 1 amide bonds. The van der Waals surface area contributed by atoms with Crippen molar-refractivity contribution in [3.8, 4) is 11.5 Å².